The molecule has 1 fully saturated rings. The number of nitrogens with one attached hydrogen (secondary N) is 1. The van der Waals surface area contributed by atoms with E-state index in [-0.39, 0.29) is 5.75 Å². The van der Waals surface area contributed by atoms with E-state index in [0.29, 0.717) is 19.0 Å². The molecule has 1 aromatic rings. The number of hydrogen-bond acceptors (Lipinski definition) is 4. The van der Waals surface area contributed by atoms with E-state index in [9.17, 15) is 8.42 Å². The molecular weight excluding hydrogens is 318 g/mol. The molecule has 1 saturated heterocycles. The van der Waals surface area contributed by atoms with Crippen molar-refractivity contribution in [3.63, 3.8) is 0 Å². The van der Waals surface area contributed by atoms with Crippen LogP contribution in [0.25, 0.3) is 0 Å². The predicted octanol–water partition coefficient (Wildman–Crippen LogP) is 1.94. The molecule has 1 aliphatic rings. The highest BCUT2D eigenvalue weighted by Crippen LogP contribution is 2.24. The van der Waals surface area contributed by atoms with Gasteiger partial charge < -0.3 is 10.2 Å². The fraction of sp³-hybridized carbons (Fsp3) is 0.667. The molecule has 0 spiro atoms. The summed E-state index contributed by atoms with van der Waals surface area (Å²) in [4.78, 5) is 6.36. The minimum absolute atomic E-state index is 0.181. The van der Waals surface area contributed by atoms with Gasteiger partial charge in [0.05, 0.1) is 10.5 Å². The van der Waals surface area contributed by atoms with Crippen molar-refractivity contribution in [1.82, 2.24) is 10.2 Å². The van der Waals surface area contributed by atoms with Crippen LogP contribution in [0.4, 0.5) is 0 Å². The van der Waals surface area contributed by atoms with Crippen LogP contribution in [0.1, 0.15) is 32.3 Å². The van der Waals surface area contributed by atoms with Crippen molar-refractivity contribution >= 4 is 27.1 Å². The van der Waals surface area contributed by atoms with Crippen LogP contribution >= 0.6 is 11.3 Å². The second-order valence-electron chi connectivity index (χ2n) is 6.39. The minimum Gasteiger partial charge on any atom is -0.356 e. The molecule has 1 aromatic heterocycles. The number of sulfone groups is 1. The van der Waals surface area contributed by atoms with E-state index in [1.54, 1.807) is 32.2 Å². The largest absolute Gasteiger partial charge is 0.356 e. The number of aliphatic imine (C=N–C) groups is 1. The van der Waals surface area contributed by atoms with E-state index in [1.165, 1.54) is 5.56 Å². The Labute approximate surface area is 137 Å². The molecule has 2 rings (SSSR count). The lowest BCUT2D eigenvalue weighted by molar-refractivity contribution is 0.352. The van der Waals surface area contributed by atoms with Crippen molar-refractivity contribution in [3.8, 4) is 0 Å². The van der Waals surface area contributed by atoms with Gasteiger partial charge in [-0.15, -0.1) is 0 Å². The minimum atomic E-state index is -3.03. The highest BCUT2D eigenvalue weighted by atomic mass is 32.2. The molecule has 22 heavy (non-hydrogen) atoms. The first-order chi connectivity index (χ1) is 10.3. The van der Waals surface area contributed by atoms with Crippen LogP contribution in [0.5, 0.6) is 0 Å². The molecule has 124 valence electrons. The average molecular weight is 344 g/mol. The Morgan fingerprint density at radius 3 is 2.82 bits per heavy atom. The summed E-state index contributed by atoms with van der Waals surface area (Å²) < 4.78 is 23.5. The van der Waals surface area contributed by atoms with E-state index in [4.69, 9.17) is 0 Å². The molecule has 2 heterocycles. The summed E-state index contributed by atoms with van der Waals surface area (Å²) in [6.45, 7) is 7.51. The van der Waals surface area contributed by atoms with E-state index in [0.717, 1.165) is 12.5 Å². The standard InChI is InChI=1S/C15H25N3O2S2/c1-12(13-5-7-21-10-13)9-17-14(16-4)18-6-8-22(19,20)15(2,3)11-18/h5,7,10,12H,6,8-9,11H2,1-4H3,(H,16,17). The lowest BCUT2D eigenvalue weighted by Gasteiger charge is -2.39. The van der Waals surface area contributed by atoms with E-state index < -0.39 is 14.6 Å². The second-order valence-corrected chi connectivity index (χ2v) is 9.91. The van der Waals surface area contributed by atoms with Gasteiger partial charge in [0.2, 0.25) is 0 Å². The van der Waals surface area contributed by atoms with Gasteiger partial charge in [-0.2, -0.15) is 11.3 Å². The summed E-state index contributed by atoms with van der Waals surface area (Å²) in [5.74, 6) is 1.36. The van der Waals surface area contributed by atoms with Gasteiger partial charge >= 0.3 is 0 Å². The number of thiophene rings is 1. The van der Waals surface area contributed by atoms with Gasteiger partial charge in [0.1, 0.15) is 0 Å². The third-order valence-electron chi connectivity index (χ3n) is 4.23. The lowest BCUT2D eigenvalue weighted by Crippen LogP contribution is -2.57. The van der Waals surface area contributed by atoms with Crippen LogP contribution in [0.2, 0.25) is 0 Å². The summed E-state index contributed by atoms with van der Waals surface area (Å²) in [7, 11) is -1.28. The first kappa shape index (κ1) is 17.3. The van der Waals surface area contributed by atoms with Crippen molar-refractivity contribution in [2.45, 2.75) is 31.4 Å². The molecule has 0 radical (unpaired) electrons. The van der Waals surface area contributed by atoms with Crippen LogP contribution in [-0.4, -0.2) is 56.5 Å². The summed E-state index contributed by atoms with van der Waals surface area (Å²) in [6.07, 6.45) is 0. The van der Waals surface area contributed by atoms with E-state index in [2.05, 4.69) is 34.1 Å². The van der Waals surface area contributed by atoms with E-state index in [1.807, 2.05) is 4.90 Å². The summed E-state index contributed by atoms with van der Waals surface area (Å²) in [5.41, 5.74) is 1.31. The van der Waals surface area contributed by atoms with Crippen LogP contribution in [-0.2, 0) is 9.84 Å². The highest BCUT2D eigenvalue weighted by molar-refractivity contribution is 7.92. The van der Waals surface area contributed by atoms with Crippen molar-refractivity contribution < 1.29 is 8.42 Å². The molecule has 0 bridgehead atoms. The van der Waals surface area contributed by atoms with Crippen LogP contribution in [0, 0.1) is 0 Å². The number of hydrogen-bond donors (Lipinski definition) is 1. The number of rotatable bonds is 3. The first-order valence-electron chi connectivity index (χ1n) is 7.47. The SMILES string of the molecule is CN=C(NCC(C)c1ccsc1)N1CCS(=O)(=O)C(C)(C)C1. The Balaban J connectivity index is 1.98. The zero-order chi connectivity index (χ0) is 16.4. The van der Waals surface area contributed by atoms with Crippen LogP contribution < -0.4 is 5.32 Å². The first-order valence-corrected chi connectivity index (χ1v) is 10.1. The van der Waals surface area contributed by atoms with Crippen LogP contribution in [0.15, 0.2) is 21.8 Å². The number of nitrogens with zero attached hydrogens (tertiary/aromatic N) is 2. The van der Waals surface area contributed by atoms with Crippen molar-refractivity contribution in [3.05, 3.63) is 22.4 Å². The van der Waals surface area contributed by atoms with Crippen LogP contribution in [0.3, 0.4) is 0 Å². The maximum Gasteiger partial charge on any atom is 0.193 e. The Bertz CT molecular complexity index is 621. The predicted molar refractivity (Wildman–Crippen MR) is 93.5 cm³/mol. The zero-order valence-corrected chi connectivity index (χ0v) is 15.3. The topological polar surface area (TPSA) is 61.8 Å². The normalized spacial score (nSPS) is 22.4. The quantitative estimate of drug-likeness (QED) is 0.673. The molecule has 1 unspecified atom stereocenters. The highest BCUT2D eigenvalue weighted by Gasteiger charge is 2.40. The van der Waals surface area contributed by atoms with E-state index >= 15 is 0 Å². The average Bonchev–Trinajstić information content (AvgIpc) is 2.97. The molecular formula is C15H25N3O2S2. The summed E-state index contributed by atoms with van der Waals surface area (Å²) in [5, 5.41) is 7.62. The van der Waals surface area contributed by atoms with Crippen molar-refractivity contribution in [2.24, 2.45) is 4.99 Å². The fourth-order valence-corrected chi connectivity index (χ4v) is 4.72. The smallest absolute Gasteiger partial charge is 0.193 e. The molecule has 0 saturated carbocycles. The van der Waals surface area contributed by atoms with Gasteiger partial charge in [-0.1, -0.05) is 6.92 Å². The molecule has 0 amide bonds. The fourth-order valence-electron chi connectivity index (χ4n) is 2.57. The third-order valence-corrected chi connectivity index (χ3v) is 7.47. The second kappa shape index (κ2) is 6.58. The Hall–Kier alpha value is -1.08. The molecule has 5 nitrogen and oxygen atoms in total. The molecule has 7 heteroatoms. The van der Waals surface area contributed by atoms with Gasteiger partial charge in [0.15, 0.2) is 15.8 Å². The van der Waals surface area contributed by atoms with Crippen molar-refractivity contribution in [2.75, 3.05) is 32.4 Å². The van der Waals surface area contributed by atoms with Gasteiger partial charge in [0, 0.05) is 26.7 Å². The molecule has 0 aromatic carbocycles. The Morgan fingerprint density at radius 1 is 1.55 bits per heavy atom. The van der Waals surface area contributed by atoms with Gasteiger partial charge in [-0.05, 0) is 42.2 Å². The number of guanidine groups is 1. The molecule has 1 N–H and O–H groups in total. The summed E-state index contributed by atoms with van der Waals surface area (Å²) >= 11 is 1.70. The van der Waals surface area contributed by atoms with Gasteiger partial charge in [0.25, 0.3) is 0 Å². The summed E-state index contributed by atoms with van der Waals surface area (Å²) in [6, 6.07) is 2.14. The van der Waals surface area contributed by atoms with Gasteiger partial charge in [-0.3, -0.25) is 4.99 Å². The third kappa shape index (κ3) is 3.63. The molecule has 0 aliphatic carbocycles. The Kier molecular flexibility index (Phi) is 5.17. The zero-order valence-electron chi connectivity index (χ0n) is 13.7. The Morgan fingerprint density at radius 2 is 2.27 bits per heavy atom. The maximum absolute atomic E-state index is 12.1. The van der Waals surface area contributed by atoms with Crippen molar-refractivity contribution in [1.29, 1.82) is 0 Å². The monoisotopic (exact) mass is 343 g/mol. The van der Waals surface area contributed by atoms with Gasteiger partial charge in [-0.25, -0.2) is 8.42 Å². The molecule has 1 atom stereocenters. The molecule has 1 aliphatic heterocycles. The lowest BCUT2D eigenvalue weighted by atomic mass is 10.1. The maximum atomic E-state index is 12.1.